The predicted molar refractivity (Wildman–Crippen MR) is 91.2 cm³/mol. The molecule has 1 aliphatic heterocycles. The molecule has 2 aliphatic rings. The molecule has 1 spiro atoms. The molecule has 4 nitrogen and oxygen atoms in total. The van der Waals surface area contributed by atoms with Crippen LogP contribution >= 0.6 is 11.6 Å². The number of rotatable bonds is 2. The van der Waals surface area contributed by atoms with Crippen molar-refractivity contribution >= 4 is 23.3 Å². The van der Waals surface area contributed by atoms with E-state index in [1.807, 2.05) is 19.9 Å². The van der Waals surface area contributed by atoms with E-state index < -0.39 is 11.2 Å². The summed E-state index contributed by atoms with van der Waals surface area (Å²) in [5, 5.41) is 9.23. The van der Waals surface area contributed by atoms with E-state index in [9.17, 15) is 19.2 Å². The third kappa shape index (κ3) is 3.19. The summed E-state index contributed by atoms with van der Waals surface area (Å²) in [5.74, 6) is -0.780. The van der Waals surface area contributed by atoms with Crippen LogP contribution in [-0.2, 0) is 16.0 Å². The van der Waals surface area contributed by atoms with E-state index in [-0.39, 0.29) is 34.1 Å². The molecule has 1 amide bonds. The Kier molecular flexibility index (Phi) is 4.20. The van der Waals surface area contributed by atoms with Gasteiger partial charge >= 0.3 is 0 Å². The SMILES string of the molecule is CC1(C)CC2(C=C(C#N)C1=O)CN(C(=O)Cc1ccc(Cl)c(F)c1)C2. The quantitative estimate of drug-likeness (QED) is 0.813. The van der Waals surface area contributed by atoms with E-state index in [0.29, 0.717) is 25.1 Å². The van der Waals surface area contributed by atoms with Gasteiger partial charge in [0.2, 0.25) is 5.91 Å². The Morgan fingerprint density at radius 2 is 2.08 bits per heavy atom. The lowest BCUT2D eigenvalue weighted by atomic mass is 9.61. The standard InChI is InChI=1S/C19H18ClFN2O2/c1-18(2)9-19(7-13(8-22)17(18)25)10-23(11-19)16(24)6-12-3-4-14(20)15(21)5-12/h3-5,7H,6,9-11H2,1-2H3. The van der Waals surface area contributed by atoms with Crippen molar-refractivity contribution in [1.29, 1.82) is 5.26 Å². The maximum atomic E-state index is 13.5. The lowest BCUT2D eigenvalue weighted by molar-refractivity contribution is -0.143. The Bertz CT molecular complexity index is 832. The van der Waals surface area contributed by atoms with E-state index in [2.05, 4.69) is 0 Å². The van der Waals surface area contributed by atoms with Gasteiger partial charge in [-0.15, -0.1) is 0 Å². The first-order valence-electron chi connectivity index (χ1n) is 8.05. The third-order valence-electron chi connectivity index (χ3n) is 4.93. The summed E-state index contributed by atoms with van der Waals surface area (Å²) in [6.07, 6.45) is 2.44. The highest BCUT2D eigenvalue weighted by atomic mass is 35.5. The van der Waals surface area contributed by atoms with Gasteiger partial charge in [0.15, 0.2) is 5.78 Å². The Morgan fingerprint density at radius 1 is 1.40 bits per heavy atom. The highest BCUT2D eigenvalue weighted by Gasteiger charge is 2.52. The zero-order valence-corrected chi connectivity index (χ0v) is 14.9. The van der Waals surface area contributed by atoms with Gasteiger partial charge in [-0.25, -0.2) is 4.39 Å². The molecule has 1 fully saturated rings. The minimum Gasteiger partial charge on any atom is -0.341 e. The van der Waals surface area contributed by atoms with Crippen molar-refractivity contribution in [2.24, 2.45) is 10.8 Å². The number of benzene rings is 1. The van der Waals surface area contributed by atoms with Gasteiger partial charge in [-0.2, -0.15) is 5.26 Å². The summed E-state index contributed by atoms with van der Waals surface area (Å²) in [7, 11) is 0. The minimum absolute atomic E-state index is 0.0300. The number of nitriles is 1. The molecule has 3 rings (SSSR count). The van der Waals surface area contributed by atoms with E-state index >= 15 is 0 Å². The second kappa shape index (κ2) is 5.96. The fourth-order valence-corrected chi connectivity index (χ4v) is 3.98. The average molecular weight is 361 g/mol. The summed E-state index contributed by atoms with van der Waals surface area (Å²) in [6, 6.07) is 6.32. The fourth-order valence-electron chi connectivity index (χ4n) is 3.86. The zero-order chi connectivity index (χ0) is 18.4. The first-order valence-corrected chi connectivity index (χ1v) is 8.43. The second-order valence-electron chi connectivity index (χ2n) is 7.60. The first kappa shape index (κ1) is 17.6. The topological polar surface area (TPSA) is 61.2 Å². The van der Waals surface area contributed by atoms with Gasteiger partial charge in [0, 0.05) is 23.9 Å². The van der Waals surface area contributed by atoms with Crippen LogP contribution in [0.5, 0.6) is 0 Å². The number of allylic oxidation sites excluding steroid dienone is 1. The summed E-state index contributed by atoms with van der Waals surface area (Å²) in [6.45, 7) is 4.62. The van der Waals surface area contributed by atoms with Crippen LogP contribution in [0.4, 0.5) is 4.39 Å². The number of hydrogen-bond acceptors (Lipinski definition) is 3. The van der Waals surface area contributed by atoms with Crippen molar-refractivity contribution in [3.05, 3.63) is 46.3 Å². The van der Waals surface area contributed by atoms with E-state index in [1.165, 1.54) is 12.1 Å². The Hall–Kier alpha value is -2.19. The third-order valence-corrected chi connectivity index (χ3v) is 5.23. The Balaban J connectivity index is 1.70. The molecule has 25 heavy (non-hydrogen) atoms. The summed E-state index contributed by atoms with van der Waals surface area (Å²) < 4.78 is 13.5. The number of halogens is 2. The highest BCUT2D eigenvalue weighted by Crippen LogP contribution is 2.48. The lowest BCUT2D eigenvalue weighted by Gasteiger charge is -2.53. The fraction of sp³-hybridized carbons (Fsp3) is 0.421. The summed E-state index contributed by atoms with van der Waals surface area (Å²) >= 11 is 5.65. The van der Waals surface area contributed by atoms with E-state index in [0.717, 1.165) is 0 Å². The molecule has 0 bridgehead atoms. The van der Waals surface area contributed by atoms with Crippen molar-refractivity contribution in [3.63, 3.8) is 0 Å². The summed E-state index contributed by atoms with van der Waals surface area (Å²) in [4.78, 5) is 26.3. The smallest absolute Gasteiger partial charge is 0.227 e. The highest BCUT2D eigenvalue weighted by molar-refractivity contribution is 6.30. The molecular weight excluding hydrogens is 343 g/mol. The second-order valence-corrected chi connectivity index (χ2v) is 8.00. The Labute approximate surface area is 150 Å². The molecule has 1 aromatic rings. The van der Waals surface area contributed by atoms with Crippen LogP contribution in [0.1, 0.15) is 25.8 Å². The van der Waals surface area contributed by atoms with Gasteiger partial charge < -0.3 is 4.90 Å². The lowest BCUT2D eigenvalue weighted by Crippen LogP contribution is -2.61. The predicted octanol–water partition coefficient (Wildman–Crippen LogP) is 3.30. The zero-order valence-electron chi connectivity index (χ0n) is 14.1. The first-order chi connectivity index (χ1) is 11.7. The molecular formula is C19H18ClFN2O2. The number of carbonyl (C=O) groups is 2. The number of likely N-dealkylation sites (tertiary alicyclic amines) is 1. The van der Waals surface area contributed by atoms with Gasteiger partial charge in [0.1, 0.15) is 11.9 Å². The van der Waals surface area contributed by atoms with Crippen molar-refractivity contribution in [2.75, 3.05) is 13.1 Å². The molecule has 0 radical (unpaired) electrons. The maximum absolute atomic E-state index is 13.5. The van der Waals surface area contributed by atoms with Gasteiger partial charge in [-0.3, -0.25) is 9.59 Å². The van der Waals surface area contributed by atoms with Crippen LogP contribution < -0.4 is 0 Å². The molecule has 6 heteroatoms. The van der Waals surface area contributed by atoms with Crippen molar-refractivity contribution in [2.45, 2.75) is 26.7 Å². The van der Waals surface area contributed by atoms with Crippen LogP contribution in [0, 0.1) is 28.0 Å². The number of amides is 1. The normalized spacial score (nSPS) is 20.7. The maximum Gasteiger partial charge on any atom is 0.227 e. The van der Waals surface area contributed by atoms with Crippen molar-refractivity contribution in [1.82, 2.24) is 4.90 Å². The van der Waals surface area contributed by atoms with Crippen LogP contribution in [0.2, 0.25) is 5.02 Å². The molecule has 0 aromatic heterocycles. The molecule has 0 saturated carbocycles. The average Bonchev–Trinajstić information content (AvgIpc) is 2.51. The molecule has 0 unspecified atom stereocenters. The molecule has 1 saturated heterocycles. The van der Waals surface area contributed by atoms with Gasteiger partial charge in [-0.1, -0.05) is 37.6 Å². The van der Waals surface area contributed by atoms with Crippen LogP contribution in [0.3, 0.4) is 0 Å². The van der Waals surface area contributed by atoms with Crippen molar-refractivity contribution in [3.8, 4) is 6.07 Å². The molecule has 1 aromatic carbocycles. The van der Waals surface area contributed by atoms with E-state index in [4.69, 9.17) is 11.6 Å². The van der Waals surface area contributed by atoms with Gasteiger partial charge in [-0.05, 0) is 24.1 Å². The van der Waals surface area contributed by atoms with Gasteiger partial charge in [0.25, 0.3) is 0 Å². The Morgan fingerprint density at radius 3 is 2.68 bits per heavy atom. The van der Waals surface area contributed by atoms with Crippen LogP contribution in [0.25, 0.3) is 0 Å². The number of nitrogens with zero attached hydrogens (tertiary/aromatic N) is 2. The summed E-state index contributed by atoms with van der Waals surface area (Å²) in [5.41, 5.74) is -0.166. The number of carbonyl (C=O) groups excluding carboxylic acids is 2. The van der Waals surface area contributed by atoms with E-state index in [1.54, 1.807) is 17.0 Å². The molecule has 0 N–H and O–H groups in total. The monoisotopic (exact) mass is 360 g/mol. The largest absolute Gasteiger partial charge is 0.341 e. The van der Waals surface area contributed by atoms with Gasteiger partial charge in [0.05, 0.1) is 17.0 Å². The molecule has 1 aliphatic carbocycles. The number of Topliss-reactive ketones (excluding diaryl/α,β-unsaturated/α-hetero) is 1. The van der Waals surface area contributed by atoms with Crippen LogP contribution in [0.15, 0.2) is 29.8 Å². The molecule has 130 valence electrons. The number of ketones is 1. The molecule has 0 atom stereocenters. The molecule has 1 heterocycles. The van der Waals surface area contributed by atoms with Crippen LogP contribution in [-0.4, -0.2) is 29.7 Å². The minimum atomic E-state index is -0.603. The van der Waals surface area contributed by atoms with Crippen molar-refractivity contribution < 1.29 is 14.0 Å². The number of hydrogen-bond donors (Lipinski definition) is 0.